The summed E-state index contributed by atoms with van der Waals surface area (Å²) in [5.41, 5.74) is 7.71. The number of nitrogen functional groups attached to an aromatic ring is 1. The van der Waals surface area contributed by atoms with Gasteiger partial charge >= 0.3 is 0 Å². The van der Waals surface area contributed by atoms with E-state index in [9.17, 15) is 9.59 Å². The minimum atomic E-state index is -0.334. The lowest BCUT2D eigenvalue weighted by Crippen LogP contribution is -2.29. The molecule has 0 radical (unpaired) electrons. The van der Waals surface area contributed by atoms with E-state index in [4.69, 9.17) is 5.73 Å². The summed E-state index contributed by atoms with van der Waals surface area (Å²) in [6.45, 7) is 0.229. The smallest absolute Gasteiger partial charge is 0.263 e. The van der Waals surface area contributed by atoms with Crippen molar-refractivity contribution in [1.82, 2.24) is 4.90 Å². The van der Waals surface area contributed by atoms with Crippen molar-refractivity contribution >= 4 is 33.4 Å². The van der Waals surface area contributed by atoms with E-state index in [-0.39, 0.29) is 18.4 Å². The Morgan fingerprint density at radius 2 is 1.75 bits per heavy atom. The molecule has 100 valence electrons. The summed E-state index contributed by atoms with van der Waals surface area (Å²) in [4.78, 5) is 25.9. The molecule has 2 aromatic rings. The van der Waals surface area contributed by atoms with Gasteiger partial charge in [-0.3, -0.25) is 14.5 Å². The standard InChI is InChI=1S/C15H11BrN2O2/c16-11-6-2-1-4-9(11)8-18-14(19)10-5-3-7-12(17)13(10)15(18)20/h1-7H,8,17H2. The summed E-state index contributed by atoms with van der Waals surface area (Å²) < 4.78 is 0.865. The first-order valence-corrected chi connectivity index (χ1v) is 6.87. The van der Waals surface area contributed by atoms with Crippen LogP contribution in [0.25, 0.3) is 0 Å². The zero-order chi connectivity index (χ0) is 14.3. The molecule has 2 amide bonds. The minimum absolute atomic E-state index is 0.229. The third-order valence-corrected chi connectivity index (χ3v) is 4.09. The predicted molar refractivity (Wildman–Crippen MR) is 79.2 cm³/mol. The maximum absolute atomic E-state index is 12.4. The number of nitrogens with zero attached hydrogens (tertiary/aromatic N) is 1. The Labute approximate surface area is 124 Å². The van der Waals surface area contributed by atoms with Gasteiger partial charge in [0.05, 0.1) is 17.7 Å². The van der Waals surface area contributed by atoms with Crippen molar-refractivity contribution in [3.63, 3.8) is 0 Å². The number of carbonyl (C=O) groups is 2. The lowest BCUT2D eigenvalue weighted by Gasteiger charge is -2.14. The molecule has 0 bridgehead atoms. The Bertz CT molecular complexity index is 728. The molecule has 1 aliphatic rings. The van der Waals surface area contributed by atoms with E-state index in [1.54, 1.807) is 18.2 Å². The van der Waals surface area contributed by atoms with Gasteiger partial charge in [-0.05, 0) is 23.8 Å². The lowest BCUT2D eigenvalue weighted by atomic mass is 10.1. The third kappa shape index (κ3) is 1.91. The molecule has 0 aliphatic carbocycles. The number of benzene rings is 2. The number of rotatable bonds is 2. The van der Waals surface area contributed by atoms with Crippen molar-refractivity contribution in [2.75, 3.05) is 5.73 Å². The van der Waals surface area contributed by atoms with Gasteiger partial charge in [-0.25, -0.2) is 0 Å². The van der Waals surface area contributed by atoms with Crippen LogP contribution in [-0.2, 0) is 6.54 Å². The maximum Gasteiger partial charge on any atom is 0.263 e. The summed E-state index contributed by atoms with van der Waals surface area (Å²) in [5.74, 6) is -0.632. The van der Waals surface area contributed by atoms with Crippen LogP contribution in [0.15, 0.2) is 46.9 Å². The monoisotopic (exact) mass is 330 g/mol. The number of anilines is 1. The molecule has 0 aromatic heterocycles. The van der Waals surface area contributed by atoms with Gasteiger partial charge in [0.25, 0.3) is 11.8 Å². The summed E-state index contributed by atoms with van der Waals surface area (Å²) in [6, 6.07) is 12.4. The van der Waals surface area contributed by atoms with E-state index in [2.05, 4.69) is 15.9 Å². The van der Waals surface area contributed by atoms with Crippen molar-refractivity contribution < 1.29 is 9.59 Å². The molecular weight excluding hydrogens is 320 g/mol. The van der Waals surface area contributed by atoms with Crippen LogP contribution in [0.3, 0.4) is 0 Å². The van der Waals surface area contributed by atoms with Crippen LogP contribution in [0.4, 0.5) is 5.69 Å². The van der Waals surface area contributed by atoms with E-state index < -0.39 is 0 Å². The molecule has 4 nitrogen and oxygen atoms in total. The number of carbonyl (C=O) groups excluding carboxylic acids is 2. The quantitative estimate of drug-likeness (QED) is 0.680. The average molecular weight is 331 g/mol. The van der Waals surface area contributed by atoms with Gasteiger partial charge < -0.3 is 5.73 Å². The Morgan fingerprint density at radius 1 is 1.00 bits per heavy atom. The molecular formula is C15H11BrN2O2. The van der Waals surface area contributed by atoms with Crippen molar-refractivity contribution in [1.29, 1.82) is 0 Å². The highest BCUT2D eigenvalue weighted by atomic mass is 79.9. The Balaban J connectivity index is 1.99. The van der Waals surface area contributed by atoms with E-state index in [0.29, 0.717) is 16.8 Å². The number of hydrogen-bond donors (Lipinski definition) is 1. The van der Waals surface area contributed by atoms with E-state index in [1.807, 2.05) is 24.3 Å². The first-order valence-electron chi connectivity index (χ1n) is 6.07. The zero-order valence-electron chi connectivity index (χ0n) is 10.5. The molecule has 1 aliphatic heterocycles. The number of amides is 2. The Kier molecular flexibility index (Phi) is 3.06. The number of nitrogens with two attached hydrogens (primary N) is 1. The molecule has 20 heavy (non-hydrogen) atoms. The summed E-state index contributed by atoms with van der Waals surface area (Å²) >= 11 is 3.42. The second-order valence-corrected chi connectivity index (χ2v) is 5.41. The maximum atomic E-state index is 12.4. The number of halogens is 1. The normalized spacial score (nSPS) is 13.8. The molecule has 0 spiro atoms. The summed E-state index contributed by atoms with van der Waals surface area (Å²) in [6.07, 6.45) is 0. The van der Waals surface area contributed by atoms with Crippen LogP contribution < -0.4 is 5.73 Å². The van der Waals surface area contributed by atoms with Gasteiger partial charge in [-0.2, -0.15) is 0 Å². The fraction of sp³-hybridized carbons (Fsp3) is 0.0667. The number of fused-ring (bicyclic) bond motifs is 1. The number of hydrogen-bond acceptors (Lipinski definition) is 3. The van der Waals surface area contributed by atoms with Gasteiger partial charge in [0.15, 0.2) is 0 Å². The van der Waals surface area contributed by atoms with Crippen molar-refractivity contribution in [2.24, 2.45) is 0 Å². The van der Waals surface area contributed by atoms with Crippen LogP contribution in [0.5, 0.6) is 0 Å². The molecule has 2 N–H and O–H groups in total. The van der Waals surface area contributed by atoms with Gasteiger partial charge in [0.2, 0.25) is 0 Å². The summed E-state index contributed by atoms with van der Waals surface area (Å²) in [5, 5.41) is 0. The molecule has 0 atom stereocenters. The van der Waals surface area contributed by atoms with E-state index in [1.165, 1.54) is 4.90 Å². The second kappa shape index (κ2) is 4.76. The molecule has 0 unspecified atom stereocenters. The highest BCUT2D eigenvalue weighted by Gasteiger charge is 2.37. The SMILES string of the molecule is Nc1cccc2c1C(=O)N(Cc1ccccc1Br)C2=O. The highest BCUT2D eigenvalue weighted by molar-refractivity contribution is 9.10. The van der Waals surface area contributed by atoms with Gasteiger partial charge in [0.1, 0.15) is 0 Å². The number of imide groups is 1. The van der Waals surface area contributed by atoms with Crippen LogP contribution in [0, 0.1) is 0 Å². The van der Waals surface area contributed by atoms with Crippen molar-refractivity contribution in [3.8, 4) is 0 Å². The lowest BCUT2D eigenvalue weighted by molar-refractivity contribution is 0.0642. The van der Waals surface area contributed by atoms with Crippen molar-refractivity contribution in [2.45, 2.75) is 6.54 Å². The molecule has 0 saturated carbocycles. The largest absolute Gasteiger partial charge is 0.398 e. The predicted octanol–water partition coefficient (Wildman–Crippen LogP) is 2.83. The first-order chi connectivity index (χ1) is 9.59. The van der Waals surface area contributed by atoms with Crippen molar-refractivity contribution in [3.05, 3.63) is 63.6 Å². The summed E-state index contributed by atoms with van der Waals surface area (Å²) in [7, 11) is 0. The fourth-order valence-electron chi connectivity index (χ4n) is 2.30. The minimum Gasteiger partial charge on any atom is -0.398 e. The van der Waals surface area contributed by atoms with E-state index in [0.717, 1.165) is 10.0 Å². The second-order valence-electron chi connectivity index (χ2n) is 4.56. The van der Waals surface area contributed by atoms with E-state index >= 15 is 0 Å². The van der Waals surface area contributed by atoms with Crippen LogP contribution >= 0.6 is 15.9 Å². The molecule has 2 aromatic carbocycles. The zero-order valence-corrected chi connectivity index (χ0v) is 12.1. The van der Waals surface area contributed by atoms with Crippen LogP contribution in [0.1, 0.15) is 26.3 Å². The van der Waals surface area contributed by atoms with Gasteiger partial charge in [-0.15, -0.1) is 0 Å². The molecule has 3 rings (SSSR count). The first kappa shape index (κ1) is 12.9. The Morgan fingerprint density at radius 3 is 2.45 bits per heavy atom. The molecule has 5 heteroatoms. The topological polar surface area (TPSA) is 63.4 Å². The van der Waals surface area contributed by atoms with Crippen LogP contribution in [-0.4, -0.2) is 16.7 Å². The van der Waals surface area contributed by atoms with Gasteiger partial charge in [0, 0.05) is 10.2 Å². The fourth-order valence-corrected chi connectivity index (χ4v) is 2.71. The average Bonchev–Trinajstić information content (AvgIpc) is 2.67. The van der Waals surface area contributed by atoms with Gasteiger partial charge in [-0.1, -0.05) is 40.2 Å². The molecule has 1 heterocycles. The van der Waals surface area contributed by atoms with Crippen LogP contribution in [0.2, 0.25) is 0 Å². The Hall–Kier alpha value is -2.14. The molecule has 0 fully saturated rings. The molecule has 0 saturated heterocycles. The third-order valence-electron chi connectivity index (χ3n) is 3.32. The highest BCUT2D eigenvalue weighted by Crippen LogP contribution is 2.29.